The highest BCUT2D eigenvalue weighted by atomic mass is 79.9. The highest BCUT2D eigenvalue weighted by molar-refractivity contribution is 9.24. The second-order valence-corrected chi connectivity index (χ2v) is 8.77. The summed E-state index contributed by atoms with van der Waals surface area (Å²) in [5.41, 5.74) is 0. The van der Waals surface area contributed by atoms with Crippen molar-refractivity contribution in [3.05, 3.63) is 0 Å². The van der Waals surface area contributed by atoms with E-state index in [9.17, 15) is 0 Å². The average molecular weight is 223 g/mol. The normalized spacial score (nSPS) is 26.7. The lowest BCUT2D eigenvalue weighted by Crippen LogP contribution is -2.48. The Bertz CT molecular complexity index is 102. The number of piperazine rings is 1. The second kappa shape index (κ2) is 3.85. The summed E-state index contributed by atoms with van der Waals surface area (Å²) < 4.78 is 2.58. The molecule has 4 heteroatoms. The Morgan fingerprint density at radius 2 is 1.70 bits per heavy atom. The van der Waals surface area contributed by atoms with E-state index in [0.717, 1.165) is 0 Å². The van der Waals surface area contributed by atoms with Crippen LogP contribution in [0.25, 0.3) is 0 Å². The van der Waals surface area contributed by atoms with E-state index >= 15 is 0 Å². The third-order valence-corrected chi connectivity index (χ3v) is 5.30. The van der Waals surface area contributed by atoms with Gasteiger partial charge in [-0.15, -0.1) is 15.3 Å². The molecule has 0 radical (unpaired) electrons. The van der Waals surface area contributed by atoms with E-state index in [4.69, 9.17) is 0 Å². The third-order valence-electron chi connectivity index (χ3n) is 2.04. The first-order valence-electron chi connectivity index (χ1n) is 3.77. The molecule has 0 aromatic rings. The van der Waals surface area contributed by atoms with Gasteiger partial charge in [0.25, 0.3) is 0 Å². The van der Waals surface area contributed by atoms with E-state index < -0.39 is 7.58 Å². The maximum Gasteiger partial charge on any atom is 0.183 e. The van der Waals surface area contributed by atoms with Crippen molar-refractivity contribution in [3.63, 3.8) is 0 Å². The van der Waals surface area contributed by atoms with Gasteiger partial charge in [0.05, 0.1) is 0 Å². The van der Waals surface area contributed by atoms with Crippen LogP contribution in [-0.4, -0.2) is 50.3 Å². The zero-order valence-corrected chi connectivity index (χ0v) is 9.42. The lowest BCUT2D eigenvalue weighted by molar-refractivity contribution is 0.223. The minimum absolute atomic E-state index is 0.660. The van der Waals surface area contributed by atoms with Crippen LogP contribution in [-0.2, 0) is 0 Å². The Morgan fingerprint density at radius 1 is 1.20 bits per heavy atom. The summed E-state index contributed by atoms with van der Waals surface area (Å²) in [4.78, 5) is 2.39. The molecule has 0 aliphatic carbocycles. The molecular formula is C6H15BrN2Si. The first-order chi connectivity index (χ1) is 4.70. The second-order valence-electron chi connectivity index (χ2n) is 2.91. The summed E-state index contributed by atoms with van der Waals surface area (Å²) in [6, 6.07) is 0. The molecule has 0 aromatic heterocycles. The molecule has 1 aliphatic rings. The Hall–Kier alpha value is 0.617. The molecule has 1 aliphatic heterocycles. The quantitative estimate of drug-likeness (QED) is 0.471. The minimum Gasteiger partial charge on any atom is -0.315 e. The van der Waals surface area contributed by atoms with E-state index in [2.05, 4.69) is 38.4 Å². The van der Waals surface area contributed by atoms with Crippen LogP contribution in [0.5, 0.6) is 0 Å². The molecule has 1 saturated heterocycles. The van der Waals surface area contributed by atoms with Gasteiger partial charge >= 0.3 is 0 Å². The van der Waals surface area contributed by atoms with Gasteiger partial charge in [-0.05, 0) is 13.6 Å². The minimum atomic E-state index is -0.660. The van der Waals surface area contributed by atoms with Crippen LogP contribution in [0.15, 0.2) is 0 Å². The molecule has 0 saturated carbocycles. The zero-order valence-electron chi connectivity index (χ0n) is 6.68. The molecule has 1 unspecified atom stereocenters. The number of likely N-dealkylation sites (N-methyl/N-ethyl adjacent to an activating group) is 1. The fourth-order valence-electron chi connectivity index (χ4n) is 1.18. The van der Waals surface area contributed by atoms with Gasteiger partial charge in [-0.3, -0.25) is 0 Å². The summed E-state index contributed by atoms with van der Waals surface area (Å²) in [6.45, 7) is 7.32. The summed E-state index contributed by atoms with van der Waals surface area (Å²) >= 11 is 3.70. The third kappa shape index (κ3) is 2.34. The molecule has 1 rings (SSSR count). The fraction of sp³-hybridized carbons (Fsp3) is 1.00. The Labute approximate surface area is 72.5 Å². The predicted octanol–water partition coefficient (Wildman–Crippen LogP) is 0.479. The lowest BCUT2D eigenvalue weighted by atomic mass is 10.4. The van der Waals surface area contributed by atoms with Gasteiger partial charge in [-0.25, -0.2) is 0 Å². The van der Waals surface area contributed by atoms with Crippen molar-refractivity contribution in [2.75, 3.05) is 33.2 Å². The zero-order chi connectivity index (χ0) is 7.56. The summed E-state index contributed by atoms with van der Waals surface area (Å²) in [7, 11) is 1.53. The van der Waals surface area contributed by atoms with Crippen molar-refractivity contribution < 1.29 is 0 Å². The lowest BCUT2D eigenvalue weighted by Gasteiger charge is -2.33. The molecule has 0 bridgehead atoms. The Balaban J connectivity index is 2.26. The average Bonchev–Trinajstić information content (AvgIpc) is 1.88. The molecule has 0 aromatic carbocycles. The van der Waals surface area contributed by atoms with Crippen molar-refractivity contribution in [2.24, 2.45) is 0 Å². The highest BCUT2D eigenvalue weighted by Gasteiger charge is 2.17. The maximum absolute atomic E-state index is 3.70. The standard InChI is InChI=1S/C6H15BrN2Si/c1-8-3-5-9(6-4-8)10(2)7/h10H,3-6H2,1-2H3. The van der Waals surface area contributed by atoms with Crippen LogP contribution in [0.4, 0.5) is 0 Å². The van der Waals surface area contributed by atoms with Gasteiger partial charge in [-0.2, -0.15) is 0 Å². The van der Waals surface area contributed by atoms with Gasteiger partial charge in [0.1, 0.15) is 0 Å². The maximum atomic E-state index is 3.70. The number of halogens is 1. The van der Waals surface area contributed by atoms with Crippen molar-refractivity contribution in [1.82, 2.24) is 9.47 Å². The van der Waals surface area contributed by atoms with Crippen LogP contribution in [0.2, 0.25) is 6.55 Å². The highest BCUT2D eigenvalue weighted by Crippen LogP contribution is 2.05. The molecule has 0 amide bonds. The van der Waals surface area contributed by atoms with Crippen LogP contribution < -0.4 is 0 Å². The van der Waals surface area contributed by atoms with Gasteiger partial charge in [-0.1, -0.05) is 0 Å². The van der Waals surface area contributed by atoms with E-state index in [1.807, 2.05) is 0 Å². The summed E-state index contributed by atoms with van der Waals surface area (Å²) in [5, 5.41) is 0. The molecule has 2 nitrogen and oxygen atoms in total. The number of rotatable bonds is 1. The molecule has 1 heterocycles. The van der Waals surface area contributed by atoms with Gasteiger partial charge in [0.2, 0.25) is 0 Å². The SMILES string of the molecule is CN1CCN([SiH](C)Br)CC1. The van der Waals surface area contributed by atoms with Crippen LogP contribution in [0, 0.1) is 0 Å². The monoisotopic (exact) mass is 222 g/mol. The molecule has 60 valence electrons. The summed E-state index contributed by atoms with van der Waals surface area (Å²) in [5.74, 6) is 0. The first kappa shape index (κ1) is 8.71. The van der Waals surface area contributed by atoms with E-state index in [1.165, 1.54) is 26.2 Å². The van der Waals surface area contributed by atoms with Crippen molar-refractivity contribution >= 4 is 22.9 Å². The molecule has 10 heavy (non-hydrogen) atoms. The molecule has 1 atom stereocenters. The number of nitrogens with zero attached hydrogens (tertiary/aromatic N) is 2. The van der Waals surface area contributed by atoms with Crippen LogP contribution in [0.3, 0.4) is 0 Å². The number of hydrogen-bond acceptors (Lipinski definition) is 2. The molecule has 0 spiro atoms. The van der Waals surface area contributed by atoms with Gasteiger partial charge in [0.15, 0.2) is 7.58 Å². The van der Waals surface area contributed by atoms with Crippen molar-refractivity contribution in [1.29, 1.82) is 0 Å². The van der Waals surface area contributed by atoms with Crippen molar-refractivity contribution in [2.45, 2.75) is 6.55 Å². The summed E-state index contributed by atoms with van der Waals surface area (Å²) in [6.07, 6.45) is 0. The van der Waals surface area contributed by atoms with E-state index in [0.29, 0.717) is 0 Å². The van der Waals surface area contributed by atoms with E-state index in [-0.39, 0.29) is 0 Å². The van der Waals surface area contributed by atoms with Crippen molar-refractivity contribution in [3.8, 4) is 0 Å². The predicted molar refractivity (Wildman–Crippen MR) is 51.0 cm³/mol. The number of hydrogen-bond donors (Lipinski definition) is 0. The smallest absolute Gasteiger partial charge is 0.183 e. The fourth-order valence-corrected chi connectivity index (χ4v) is 3.35. The molecule has 1 fully saturated rings. The van der Waals surface area contributed by atoms with Gasteiger partial charge < -0.3 is 9.47 Å². The Kier molecular flexibility index (Phi) is 3.35. The van der Waals surface area contributed by atoms with Crippen LogP contribution in [0.1, 0.15) is 0 Å². The molecule has 0 N–H and O–H groups in total. The topological polar surface area (TPSA) is 6.48 Å². The van der Waals surface area contributed by atoms with Gasteiger partial charge in [0, 0.05) is 26.2 Å². The first-order valence-corrected chi connectivity index (χ1v) is 8.62. The molecular weight excluding hydrogens is 208 g/mol. The largest absolute Gasteiger partial charge is 0.315 e. The Morgan fingerprint density at radius 3 is 2.10 bits per heavy atom. The van der Waals surface area contributed by atoms with E-state index in [1.54, 1.807) is 0 Å². The van der Waals surface area contributed by atoms with Crippen LogP contribution >= 0.6 is 15.3 Å².